The highest BCUT2D eigenvalue weighted by atomic mass is 32.2. The van der Waals surface area contributed by atoms with E-state index >= 15 is 0 Å². The summed E-state index contributed by atoms with van der Waals surface area (Å²) < 4.78 is 1.87. The topological polar surface area (TPSA) is 34.1 Å². The third kappa shape index (κ3) is 3.11. The van der Waals surface area contributed by atoms with Gasteiger partial charge in [0, 0.05) is 30.6 Å². The molecule has 4 aromatic rings. The number of aryl methyl sites for hydroxylation is 1. The van der Waals surface area contributed by atoms with E-state index in [1.165, 1.54) is 11.8 Å². The molecule has 0 saturated heterocycles. The highest BCUT2D eigenvalue weighted by molar-refractivity contribution is 8.14. The molecule has 0 spiro atoms. The Kier molecular flexibility index (Phi) is 4.15. The fraction of sp³-hybridized carbons (Fsp3) is 0.0476. The van der Waals surface area contributed by atoms with Gasteiger partial charge in [-0.3, -0.25) is 9.59 Å². The van der Waals surface area contributed by atoms with E-state index in [9.17, 15) is 9.59 Å². The molecule has 25 heavy (non-hydrogen) atoms. The first-order chi connectivity index (χ1) is 12.1. The summed E-state index contributed by atoms with van der Waals surface area (Å²) in [7, 11) is 0. The predicted molar refractivity (Wildman–Crippen MR) is 107 cm³/mol. The van der Waals surface area contributed by atoms with Gasteiger partial charge in [-0.05, 0) is 61.2 Å². The molecule has 0 bridgehead atoms. The van der Waals surface area contributed by atoms with Crippen LogP contribution in [0.5, 0.6) is 0 Å². The number of fused-ring (bicyclic) bond motifs is 2. The maximum atomic E-state index is 12.7. The van der Waals surface area contributed by atoms with Crippen LogP contribution in [0, 0.1) is 6.92 Å². The van der Waals surface area contributed by atoms with E-state index in [1.807, 2.05) is 61.5 Å². The molecule has 0 saturated carbocycles. The standard InChI is InChI=1S/C21H14O2S2/c1-13-6-9-15(10-7-13)24-21(23)14-8-11-19-17(12-14)20(22)16-4-2-3-5-18(16)25-19/h2-12H,1H3. The molecule has 122 valence electrons. The molecule has 4 heteroatoms. The van der Waals surface area contributed by atoms with Crippen molar-refractivity contribution in [2.45, 2.75) is 11.8 Å². The number of thioether (sulfide) groups is 1. The molecule has 0 aliphatic rings. The van der Waals surface area contributed by atoms with Crippen LogP contribution in [-0.4, -0.2) is 5.12 Å². The van der Waals surface area contributed by atoms with Crippen LogP contribution in [0.2, 0.25) is 0 Å². The summed E-state index contributed by atoms with van der Waals surface area (Å²) in [5, 5.41) is 1.26. The average molecular weight is 362 g/mol. The van der Waals surface area contributed by atoms with Crippen molar-refractivity contribution in [2.24, 2.45) is 0 Å². The van der Waals surface area contributed by atoms with Crippen molar-refractivity contribution in [3.63, 3.8) is 0 Å². The van der Waals surface area contributed by atoms with Crippen molar-refractivity contribution in [1.82, 2.24) is 0 Å². The first-order valence-corrected chi connectivity index (χ1v) is 9.49. The van der Waals surface area contributed by atoms with Gasteiger partial charge in [0.05, 0.1) is 0 Å². The minimum Gasteiger partial charge on any atom is -0.289 e. The zero-order chi connectivity index (χ0) is 17.4. The minimum atomic E-state index is -0.0525. The van der Waals surface area contributed by atoms with Crippen molar-refractivity contribution in [3.05, 3.63) is 88.1 Å². The van der Waals surface area contributed by atoms with Gasteiger partial charge in [-0.2, -0.15) is 0 Å². The van der Waals surface area contributed by atoms with Gasteiger partial charge in [-0.1, -0.05) is 29.8 Å². The van der Waals surface area contributed by atoms with Crippen LogP contribution in [0.3, 0.4) is 0 Å². The average Bonchev–Trinajstić information content (AvgIpc) is 2.63. The maximum Gasteiger partial charge on any atom is 0.224 e. The van der Waals surface area contributed by atoms with Crippen LogP contribution >= 0.6 is 23.1 Å². The molecular formula is C21H14O2S2. The smallest absolute Gasteiger partial charge is 0.224 e. The maximum absolute atomic E-state index is 12.7. The van der Waals surface area contributed by atoms with Crippen molar-refractivity contribution in [3.8, 4) is 0 Å². The summed E-state index contributed by atoms with van der Waals surface area (Å²) in [5.41, 5.74) is 1.70. The van der Waals surface area contributed by atoms with Gasteiger partial charge < -0.3 is 0 Å². The SMILES string of the molecule is Cc1ccc(SC(=O)c2ccc3sc4ccccc4c(=O)c3c2)cc1. The van der Waals surface area contributed by atoms with E-state index in [1.54, 1.807) is 23.5 Å². The van der Waals surface area contributed by atoms with Gasteiger partial charge in [0.15, 0.2) is 5.43 Å². The molecule has 2 nitrogen and oxygen atoms in total. The molecule has 1 aromatic heterocycles. The quantitative estimate of drug-likeness (QED) is 0.341. The van der Waals surface area contributed by atoms with Crippen molar-refractivity contribution >= 4 is 48.4 Å². The Labute approximate surface area is 153 Å². The molecule has 0 amide bonds. The second-order valence-electron chi connectivity index (χ2n) is 5.84. The zero-order valence-corrected chi connectivity index (χ0v) is 15.1. The molecule has 1 heterocycles. The number of benzene rings is 3. The molecule has 0 aliphatic carbocycles. The van der Waals surface area contributed by atoms with Gasteiger partial charge in [0.2, 0.25) is 5.12 Å². The van der Waals surface area contributed by atoms with E-state index in [-0.39, 0.29) is 10.5 Å². The molecule has 0 atom stereocenters. The van der Waals surface area contributed by atoms with Gasteiger partial charge in [0.1, 0.15) is 0 Å². The number of hydrogen-bond donors (Lipinski definition) is 0. The molecular weight excluding hydrogens is 348 g/mol. The molecule has 0 unspecified atom stereocenters. The van der Waals surface area contributed by atoms with Crippen LogP contribution in [0.4, 0.5) is 0 Å². The zero-order valence-electron chi connectivity index (χ0n) is 13.5. The van der Waals surface area contributed by atoms with Crippen LogP contribution in [0.15, 0.2) is 76.4 Å². The molecule has 0 N–H and O–H groups in total. The van der Waals surface area contributed by atoms with E-state index < -0.39 is 0 Å². The van der Waals surface area contributed by atoms with Gasteiger partial charge in [-0.15, -0.1) is 11.3 Å². The first kappa shape index (κ1) is 16.1. The van der Waals surface area contributed by atoms with Crippen LogP contribution in [0.25, 0.3) is 20.2 Å². The predicted octanol–water partition coefficient (Wildman–Crippen LogP) is 5.66. The monoisotopic (exact) mass is 362 g/mol. The molecule has 0 fully saturated rings. The van der Waals surface area contributed by atoms with E-state index in [2.05, 4.69) is 0 Å². The molecule has 0 aliphatic heterocycles. The minimum absolute atomic E-state index is 0.0145. The lowest BCUT2D eigenvalue weighted by Gasteiger charge is -2.04. The van der Waals surface area contributed by atoms with Crippen molar-refractivity contribution in [1.29, 1.82) is 0 Å². The van der Waals surface area contributed by atoms with Crippen molar-refractivity contribution < 1.29 is 4.79 Å². The summed E-state index contributed by atoms with van der Waals surface area (Å²) in [6.07, 6.45) is 0. The van der Waals surface area contributed by atoms with Crippen LogP contribution in [0.1, 0.15) is 15.9 Å². The van der Waals surface area contributed by atoms with E-state index in [0.29, 0.717) is 16.3 Å². The molecule has 3 aromatic carbocycles. The van der Waals surface area contributed by atoms with E-state index in [4.69, 9.17) is 0 Å². The Morgan fingerprint density at radius 1 is 0.880 bits per heavy atom. The number of carbonyl (C=O) groups is 1. The highest BCUT2D eigenvalue weighted by Crippen LogP contribution is 2.28. The Balaban J connectivity index is 1.76. The van der Waals surface area contributed by atoms with E-state index in [0.717, 1.165) is 19.9 Å². The third-order valence-corrected chi connectivity index (χ3v) is 6.12. The number of carbonyl (C=O) groups excluding carboxylic acids is 1. The van der Waals surface area contributed by atoms with Crippen LogP contribution < -0.4 is 5.43 Å². The summed E-state index contributed by atoms with van der Waals surface area (Å²) in [5.74, 6) is 0. The summed E-state index contributed by atoms with van der Waals surface area (Å²) in [6.45, 7) is 2.01. The fourth-order valence-corrected chi connectivity index (χ4v) is 4.49. The van der Waals surface area contributed by atoms with Crippen molar-refractivity contribution in [2.75, 3.05) is 0 Å². The van der Waals surface area contributed by atoms with Crippen LogP contribution in [-0.2, 0) is 0 Å². The number of hydrogen-bond acceptors (Lipinski definition) is 4. The normalized spacial score (nSPS) is 11.1. The Hall–Kier alpha value is -2.43. The lowest BCUT2D eigenvalue weighted by atomic mass is 10.1. The largest absolute Gasteiger partial charge is 0.289 e. The summed E-state index contributed by atoms with van der Waals surface area (Å²) in [6, 6.07) is 20.8. The first-order valence-electron chi connectivity index (χ1n) is 7.86. The highest BCUT2D eigenvalue weighted by Gasteiger charge is 2.12. The second-order valence-corrected chi connectivity index (χ2v) is 7.97. The lowest BCUT2D eigenvalue weighted by molar-refractivity contribution is 0.108. The molecule has 0 radical (unpaired) electrons. The second kappa shape index (κ2) is 6.47. The van der Waals surface area contributed by atoms with Gasteiger partial charge in [0.25, 0.3) is 0 Å². The number of rotatable bonds is 2. The van der Waals surface area contributed by atoms with Gasteiger partial charge in [-0.25, -0.2) is 0 Å². The summed E-state index contributed by atoms with van der Waals surface area (Å²) >= 11 is 2.76. The Bertz CT molecular complexity index is 1160. The Morgan fingerprint density at radius 2 is 1.60 bits per heavy atom. The van der Waals surface area contributed by atoms with Gasteiger partial charge >= 0.3 is 0 Å². The third-order valence-electron chi connectivity index (χ3n) is 4.04. The molecule has 4 rings (SSSR count). The fourth-order valence-electron chi connectivity index (χ4n) is 2.70. The summed E-state index contributed by atoms with van der Waals surface area (Å²) in [4.78, 5) is 26.2. The lowest BCUT2D eigenvalue weighted by Crippen LogP contribution is -2.02. The Morgan fingerprint density at radius 3 is 2.40 bits per heavy atom.